The molecule has 0 radical (unpaired) electrons. The fourth-order valence-corrected chi connectivity index (χ4v) is 1.93. The minimum atomic E-state index is -0.989. The van der Waals surface area contributed by atoms with Crippen LogP contribution in [-0.4, -0.2) is 67.2 Å². The maximum absolute atomic E-state index is 11.5. The van der Waals surface area contributed by atoms with Gasteiger partial charge in [0.25, 0.3) is 0 Å². The summed E-state index contributed by atoms with van der Waals surface area (Å²) < 4.78 is 0. The fourth-order valence-electron chi connectivity index (χ4n) is 1.46. The molecule has 0 bridgehead atoms. The predicted molar refractivity (Wildman–Crippen MR) is 78.7 cm³/mol. The van der Waals surface area contributed by atoms with Crippen molar-refractivity contribution in [2.45, 2.75) is 25.3 Å². The minimum absolute atomic E-state index is 0.404. The summed E-state index contributed by atoms with van der Waals surface area (Å²) in [4.78, 5) is 24.5. The Bertz CT molecular complexity index is 275. The zero-order valence-corrected chi connectivity index (χ0v) is 12.8. The van der Waals surface area contributed by atoms with E-state index in [1.54, 1.807) is 11.8 Å². The molecule has 19 heavy (non-hydrogen) atoms. The lowest BCUT2D eigenvalue weighted by molar-refractivity contribution is -0.139. The Kier molecular flexibility index (Phi) is 10.4. The summed E-state index contributed by atoms with van der Waals surface area (Å²) in [6.45, 7) is 1.54. The van der Waals surface area contributed by atoms with Crippen molar-refractivity contribution in [3.8, 4) is 0 Å². The maximum atomic E-state index is 11.5. The third kappa shape index (κ3) is 10.6. The summed E-state index contributed by atoms with van der Waals surface area (Å²) in [7, 11) is 4.01. The van der Waals surface area contributed by atoms with Gasteiger partial charge >= 0.3 is 12.0 Å². The quantitative estimate of drug-likeness (QED) is 0.520. The Morgan fingerprint density at radius 2 is 2.00 bits per heavy atom. The lowest BCUT2D eigenvalue weighted by atomic mass is 10.2. The van der Waals surface area contributed by atoms with Gasteiger partial charge in [-0.05, 0) is 51.9 Å². The molecule has 6 nitrogen and oxygen atoms in total. The van der Waals surface area contributed by atoms with Crippen LogP contribution in [0.3, 0.4) is 0 Å². The number of nitrogens with zero attached hydrogens (tertiary/aromatic N) is 1. The van der Waals surface area contributed by atoms with Crippen molar-refractivity contribution in [2.75, 3.05) is 39.2 Å². The van der Waals surface area contributed by atoms with E-state index in [1.165, 1.54) is 0 Å². The molecular formula is C12H25N3O3S. The summed E-state index contributed by atoms with van der Waals surface area (Å²) in [5.41, 5.74) is 0. The summed E-state index contributed by atoms with van der Waals surface area (Å²) in [6, 6.07) is -1.22. The molecule has 7 heteroatoms. The van der Waals surface area contributed by atoms with Gasteiger partial charge in [-0.2, -0.15) is 11.8 Å². The highest BCUT2D eigenvalue weighted by Gasteiger charge is 2.18. The lowest BCUT2D eigenvalue weighted by Gasteiger charge is -2.15. The molecule has 0 saturated heterocycles. The molecule has 0 aromatic carbocycles. The smallest absolute Gasteiger partial charge is 0.326 e. The van der Waals surface area contributed by atoms with Crippen molar-refractivity contribution in [1.29, 1.82) is 0 Å². The number of rotatable bonds is 10. The number of hydrogen-bond donors (Lipinski definition) is 3. The minimum Gasteiger partial charge on any atom is -0.480 e. The molecular weight excluding hydrogens is 266 g/mol. The van der Waals surface area contributed by atoms with Gasteiger partial charge in [0, 0.05) is 6.54 Å². The molecule has 112 valence electrons. The summed E-state index contributed by atoms with van der Waals surface area (Å²) in [5.74, 6) is -0.281. The van der Waals surface area contributed by atoms with Crippen molar-refractivity contribution in [3.63, 3.8) is 0 Å². The number of carboxylic acid groups (broad SMARTS) is 1. The summed E-state index contributed by atoms with van der Waals surface area (Å²) >= 11 is 1.56. The average molecular weight is 291 g/mol. The molecule has 0 rings (SSSR count). The molecule has 3 N–H and O–H groups in total. The number of thioether (sulfide) groups is 1. The van der Waals surface area contributed by atoms with E-state index in [0.29, 0.717) is 18.7 Å². The van der Waals surface area contributed by atoms with Crippen LogP contribution in [0, 0.1) is 0 Å². The van der Waals surface area contributed by atoms with Gasteiger partial charge in [0.1, 0.15) is 6.04 Å². The van der Waals surface area contributed by atoms with Gasteiger partial charge in [0.05, 0.1) is 0 Å². The van der Waals surface area contributed by atoms with E-state index in [1.807, 2.05) is 20.4 Å². The van der Waals surface area contributed by atoms with Gasteiger partial charge in [0.15, 0.2) is 0 Å². The Morgan fingerprint density at radius 1 is 1.32 bits per heavy atom. The van der Waals surface area contributed by atoms with Crippen LogP contribution < -0.4 is 10.6 Å². The SMILES string of the molecule is CSCC[C@@H](NC(=O)NCCCCN(C)C)C(=O)O. The van der Waals surface area contributed by atoms with Crippen LogP contribution in [-0.2, 0) is 4.79 Å². The van der Waals surface area contributed by atoms with E-state index in [2.05, 4.69) is 15.5 Å². The molecule has 1 atom stereocenters. The first-order valence-electron chi connectivity index (χ1n) is 6.38. The van der Waals surface area contributed by atoms with Gasteiger partial charge in [-0.3, -0.25) is 0 Å². The van der Waals surface area contributed by atoms with Gasteiger partial charge in [-0.15, -0.1) is 0 Å². The Morgan fingerprint density at radius 3 is 2.53 bits per heavy atom. The zero-order valence-electron chi connectivity index (χ0n) is 11.9. The number of carboxylic acids is 1. The van der Waals surface area contributed by atoms with E-state index in [0.717, 1.165) is 19.4 Å². The Hall–Kier alpha value is -0.950. The second kappa shape index (κ2) is 10.9. The van der Waals surface area contributed by atoms with Crippen LogP contribution >= 0.6 is 11.8 Å². The number of urea groups is 1. The molecule has 2 amide bonds. The normalized spacial score (nSPS) is 12.2. The van der Waals surface area contributed by atoms with Gasteiger partial charge < -0.3 is 20.6 Å². The van der Waals surface area contributed by atoms with Crippen LogP contribution in [0.15, 0.2) is 0 Å². The molecule has 0 aromatic rings. The number of aliphatic carboxylic acids is 1. The Labute approximate surface area is 119 Å². The first-order chi connectivity index (χ1) is 8.97. The topological polar surface area (TPSA) is 81.7 Å². The lowest BCUT2D eigenvalue weighted by Crippen LogP contribution is -2.46. The van der Waals surface area contributed by atoms with Crippen LogP contribution in [0.2, 0.25) is 0 Å². The van der Waals surface area contributed by atoms with E-state index in [4.69, 9.17) is 5.11 Å². The van der Waals surface area contributed by atoms with Gasteiger partial charge in [-0.25, -0.2) is 9.59 Å². The second-order valence-corrected chi connectivity index (χ2v) is 5.57. The molecule has 0 aliphatic carbocycles. The second-order valence-electron chi connectivity index (χ2n) is 4.58. The van der Waals surface area contributed by atoms with Crippen LogP contribution in [0.4, 0.5) is 4.79 Å². The van der Waals surface area contributed by atoms with Crippen LogP contribution in [0.1, 0.15) is 19.3 Å². The first kappa shape index (κ1) is 18.0. The number of carbonyl (C=O) groups is 2. The third-order valence-corrected chi connectivity index (χ3v) is 3.18. The molecule has 0 aliphatic rings. The van der Waals surface area contributed by atoms with Crippen molar-refractivity contribution in [2.24, 2.45) is 0 Å². The average Bonchev–Trinajstić information content (AvgIpc) is 2.33. The third-order valence-electron chi connectivity index (χ3n) is 2.53. The van der Waals surface area contributed by atoms with Crippen molar-refractivity contribution >= 4 is 23.8 Å². The number of amides is 2. The highest BCUT2D eigenvalue weighted by Crippen LogP contribution is 2.00. The standard InChI is InChI=1S/C12H25N3O3S/c1-15(2)8-5-4-7-13-12(18)14-10(11(16)17)6-9-19-3/h10H,4-9H2,1-3H3,(H,16,17)(H2,13,14,18)/t10-/m1/s1. The number of nitrogens with one attached hydrogen (secondary N) is 2. The molecule has 0 aromatic heterocycles. The van der Waals surface area contributed by atoms with Crippen LogP contribution in [0.5, 0.6) is 0 Å². The molecule has 0 unspecified atom stereocenters. The number of unbranched alkanes of at least 4 members (excludes halogenated alkanes) is 1. The molecule has 0 saturated carbocycles. The number of carbonyl (C=O) groups excluding carboxylic acids is 1. The molecule has 0 fully saturated rings. The van der Waals surface area contributed by atoms with Crippen LogP contribution in [0.25, 0.3) is 0 Å². The molecule has 0 heterocycles. The van der Waals surface area contributed by atoms with Gasteiger partial charge in [-0.1, -0.05) is 0 Å². The monoisotopic (exact) mass is 291 g/mol. The zero-order chi connectivity index (χ0) is 14.7. The fraction of sp³-hybridized carbons (Fsp3) is 0.833. The highest BCUT2D eigenvalue weighted by molar-refractivity contribution is 7.98. The largest absolute Gasteiger partial charge is 0.480 e. The molecule has 0 aliphatic heterocycles. The predicted octanol–water partition coefficient (Wildman–Crippen LogP) is 0.834. The van der Waals surface area contributed by atoms with Crippen molar-refractivity contribution in [3.05, 3.63) is 0 Å². The van der Waals surface area contributed by atoms with E-state index < -0.39 is 18.0 Å². The van der Waals surface area contributed by atoms with E-state index in [9.17, 15) is 9.59 Å². The van der Waals surface area contributed by atoms with Gasteiger partial charge in [0.2, 0.25) is 0 Å². The highest BCUT2D eigenvalue weighted by atomic mass is 32.2. The van der Waals surface area contributed by atoms with E-state index >= 15 is 0 Å². The first-order valence-corrected chi connectivity index (χ1v) is 7.77. The van der Waals surface area contributed by atoms with Crippen molar-refractivity contribution in [1.82, 2.24) is 15.5 Å². The Balaban J connectivity index is 3.77. The maximum Gasteiger partial charge on any atom is 0.326 e. The van der Waals surface area contributed by atoms with E-state index in [-0.39, 0.29) is 0 Å². The molecule has 0 spiro atoms. The number of hydrogen-bond acceptors (Lipinski definition) is 4. The summed E-state index contributed by atoms with van der Waals surface area (Å²) in [6.07, 6.45) is 4.23. The van der Waals surface area contributed by atoms with Crippen molar-refractivity contribution < 1.29 is 14.7 Å². The summed E-state index contributed by atoms with van der Waals surface area (Å²) in [5, 5.41) is 14.1.